The molecule has 0 bridgehead atoms. The molecule has 3 aromatic rings. The Bertz CT molecular complexity index is 1250. The van der Waals surface area contributed by atoms with Gasteiger partial charge in [-0.05, 0) is 55.9 Å². The molecule has 11 heteroatoms. The fourth-order valence-corrected chi connectivity index (χ4v) is 4.50. The van der Waals surface area contributed by atoms with Gasteiger partial charge in [-0.1, -0.05) is 12.1 Å². The van der Waals surface area contributed by atoms with Crippen LogP contribution in [0.1, 0.15) is 43.2 Å². The Balaban J connectivity index is 1.42. The molecule has 2 aliphatic rings. The maximum atomic E-state index is 13.5. The van der Waals surface area contributed by atoms with Crippen LogP contribution in [-0.4, -0.2) is 60.6 Å². The number of nitrogens with zero attached hydrogens (tertiary/aromatic N) is 4. The van der Waals surface area contributed by atoms with E-state index in [1.54, 1.807) is 22.9 Å². The lowest BCUT2D eigenvalue weighted by Crippen LogP contribution is -2.29. The minimum absolute atomic E-state index is 0.140. The standard InChI is InChI=1S/C24H28FN7O3/c25-17-3-1-2-14(10-17)8-9-26-24-31-23(28-18-4-6-19(33)7-5-18)30-21-16(13-27-32(21)24)11-15-12-20(34)29-22(15)35/h1-3,10-11,13,18-20,33-34H,4-9,12H2,(H,29,35)(H2,26,28,30,31)/b15-11+. The van der Waals surface area contributed by atoms with Crippen LogP contribution in [0.3, 0.4) is 0 Å². The average molecular weight is 482 g/mol. The number of rotatable bonds is 7. The summed E-state index contributed by atoms with van der Waals surface area (Å²) in [7, 11) is 0. The van der Waals surface area contributed by atoms with Crippen LogP contribution in [0.5, 0.6) is 0 Å². The molecule has 1 aliphatic heterocycles. The molecule has 1 aliphatic carbocycles. The second-order valence-corrected chi connectivity index (χ2v) is 9.03. The highest BCUT2D eigenvalue weighted by molar-refractivity contribution is 6.00. The molecule has 35 heavy (non-hydrogen) atoms. The van der Waals surface area contributed by atoms with E-state index in [1.165, 1.54) is 12.1 Å². The van der Waals surface area contributed by atoms with Gasteiger partial charge in [0.05, 0.1) is 12.3 Å². The smallest absolute Gasteiger partial charge is 0.249 e. The van der Waals surface area contributed by atoms with E-state index in [9.17, 15) is 19.4 Å². The van der Waals surface area contributed by atoms with Gasteiger partial charge in [-0.2, -0.15) is 19.6 Å². The fourth-order valence-electron chi connectivity index (χ4n) is 4.50. The van der Waals surface area contributed by atoms with Crippen molar-refractivity contribution in [1.29, 1.82) is 0 Å². The molecule has 1 amide bonds. The highest BCUT2D eigenvalue weighted by atomic mass is 19.1. The van der Waals surface area contributed by atoms with Crippen molar-refractivity contribution in [2.24, 2.45) is 0 Å². The quantitative estimate of drug-likeness (QED) is 0.323. The summed E-state index contributed by atoms with van der Waals surface area (Å²) in [5.41, 5.74) is 2.44. The molecule has 0 radical (unpaired) electrons. The van der Waals surface area contributed by atoms with Gasteiger partial charge in [-0.15, -0.1) is 0 Å². The molecule has 2 fully saturated rings. The molecule has 184 valence electrons. The second-order valence-electron chi connectivity index (χ2n) is 9.03. The first-order valence-corrected chi connectivity index (χ1v) is 11.8. The van der Waals surface area contributed by atoms with Gasteiger partial charge in [0.2, 0.25) is 17.8 Å². The van der Waals surface area contributed by atoms with Gasteiger partial charge in [-0.25, -0.2) is 4.39 Å². The van der Waals surface area contributed by atoms with Gasteiger partial charge in [0.1, 0.15) is 12.0 Å². The Hall–Kier alpha value is -3.57. The molecule has 2 aromatic heterocycles. The van der Waals surface area contributed by atoms with E-state index in [-0.39, 0.29) is 30.3 Å². The minimum Gasteiger partial charge on any atom is -0.393 e. The van der Waals surface area contributed by atoms with E-state index in [4.69, 9.17) is 0 Å². The Morgan fingerprint density at radius 3 is 2.77 bits per heavy atom. The number of hydrogen-bond acceptors (Lipinski definition) is 8. The highest BCUT2D eigenvalue weighted by Crippen LogP contribution is 2.24. The van der Waals surface area contributed by atoms with E-state index < -0.39 is 6.23 Å². The predicted octanol–water partition coefficient (Wildman–Crippen LogP) is 1.86. The lowest BCUT2D eigenvalue weighted by molar-refractivity contribution is -0.117. The third-order valence-electron chi connectivity index (χ3n) is 6.34. The number of amides is 1. The molecule has 1 saturated carbocycles. The Morgan fingerprint density at radius 1 is 1.20 bits per heavy atom. The van der Waals surface area contributed by atoms with Crippen LogP contribution in [0, 0.1) is 5.82 Å². The number of carbonyl (C=O) groups is 1. The van der Waals surface area contributed by atoms with Gasteiger partial charge in [-0.3, -0.25) is 4.79 Å². The van der Waals surface area contributed by atoms with Crippen LogP contribution < -0.4 is 16.0 Å². The zero-order valence-electron chi connectivity index (χ0n) is 19.1. The third-order valence-corrected chi connectivity index (χ3v) is 6.34. The Kier molecular flexibility index (Phi) is 6.60. The summed E-state index contributed by atoms with van der Waals surface area (Å²) in [5, 5.41) is 33.1. The Labute approximate surface area is 201 Å². The number of halogens is 1. The number of anilines is 2. The zero-order valence-corrected chi connectivity index (χ0v) is 19.1. The molecule has 5 N–H and O–H groups in total. The lowest BCUT2D eigenvalue weighted by Gasteiger charge is -2.26. The molecular formula is C24H28FN7O3. The van der Waals surface area contributed by atoms with E-state index in [0.717, 1.165) is 31.2 Å². The van der Waals surface area contributed by atoms with Crippen molar-refractivity contribution in [3.05, 3.63) is 53.0 Å². The SMILES string of the molecule is O=C1NC(O)C/C1=C\c1cnn2c(NCCc3cccc(F)c3)nc(NC3CCC(O)CC3)nc12. The predicted molar refractivity (Wildman–Crippen MR) is 128 cm³/mol. The number of hydrogen-bond donors (Lipinski definition) is 5. The first kappa shape index (κ1) is 23.2. The average Bonchev–Trinajstić information content (AvgIpc) is 3.37. The molecule has 10 nitrogen and oxygen atoms in total. The first-order valence-electron chi connectivity index (χ1n) is 11.8. The normalized spacial score (nSPS) is 23.6. The summed E-state index contributed by atoms with van der Waals surface area (Å²) in [6, 6.07) is 6.60. The number of aliphatic hydroxyl groups is 2. The van der Waals surface area contributed by atoms with Gasteiger partial charge >= 0.3 is 0 Å². The van der Waals surface area contributed by atoms with Crippen LogP contribution in [-0.2, 0) is 11.2 Å². The molecule has 1 atom stereocenters. The third kappa shape index (κ3) is 5.41. The van der Waals surface area contributed by atoms with Crippen molar-refractivity contribution < 1.29 is 19.4 Å². The van der Waals surface area contributed by atoms with Gasteiger partial charge in [0.25, 0.3) is 0 Å². The van der Waals surface area contributed by atoms with Gasteiger partial charge < -0.3 is 26.2 Å². The number of fused-ring (bicyclic) bond motifs is 1. The van der Waals surface area contributed by atoms with Crippen molar-refractivity contribution in [2.75, 3.05) is 17.2 Å². The van der Waals surface area contributed by atoms with Crippen LogP contribution >= 0.6 is 0 Å². The topological polar surface area (TPSA) is 137 Å². The van der Waals surface area contributed by atoms with Gasteiger partial charge in [0.15, 0.2) is 5.65 Å². The van der Waals surface area contributed by atoms with Gasteiger partial charge in [0, 0.05) is 30.1 Å². The summed E-state index contributed by atoms with van der Waals surface area (Å²) < 4.78 is 15.1. The molecule has 1 unspecified atom stereocenters. The van der Waals surface area contributed by atoms with Crippen LogP contribution in [0.25, 0.3) is 11.7 Å². The van der Waals surface area contributed by atoms with E-state index >= 15 is 0 Å². The first-order chi connectivity index (χ1) is 16.9. The number of benzene rings is 1. The molecule has 1 aromatic carbocycles. The monoisotopic (exact) mass is 481 g/mol. The maximum absolute atomic E-state index is 13.5. The second kappa shape index (κ2) is 9.96. The van der Waals surface area contributed by atoms with E-state index in [0.29, 0.717) is 41.6 Å². The summed E-state index contributed by atoms with van der Waals surface area (Å²) in [4.78, 5) is 21.4. The molecular weight excluding hydrogens is 453 g/mol. The maximum Gasteiger partial charge on any atom is 0.249 e. The summed E-state index contributed by atoms with van der Waals surface area (Å²) in [5.74, 6) is 0.286. The lowest BCUT2D eigenvalue weighted by atomic mass is 9.93. The number of aromatic nitrogens is 4. The number of aliphatic hydroxyl groups excluding tert-OH is 2. The summed E-state index contributed by atoms with van der Waals surface area (Å²) >= 11 is 0. The Morgan fingerprint density at radius 2 is 2.03 bits per heavy atom. The minimum atomic E-state index is -0.899. The highest BCUT2D eigenvalue weighted by Gasteiger charge is 2.25. The number of carbonyl (C=O) groups excluding carboxylic acids is 1. The van der Waals surface area contributed by atoms with Crippen LogP contribution in [0.15, 0.2) is 36.0 Å². The van der Waals surface area contributed by atoms with Crippen molar-refractivity contribution in [2.45, 2.75) is 56.9 Å². The van der Waals surface area contributed by atoms with Crippen LogP contribution in [0.4, 0.5) is 16.3 Å². The van der Waals surface area contributed by atoms with E-state index in [2.05, 4.69) is 31.0 Å². The number of nitrogens with one attached hydrogen (secondary N) is 3. The van der Waals surface area contributed by atoms with Crippen LogP contribution in [0.2, 0.25) is 0 Å². The van der Waals surface area contributed by atoms with Crippen molar-refractivity contribution in [1.82, 2.24) is 24.9 Å². The summed E-state index contributed by atoms with van der Waals surface area (Å²) in [6.07, 6.45) is 5.98. The molecule has 1 saturated heterocycles. The fraction of sp³-hybridized carbons (Fsp3) is 0.417. The molecule has 5 rings (SSSR count). The van der Waals surface area contributed by atoms with Crippen molar-refractivity contribution >= 4 is 29.5 Å². The molecule has 0 spiro atoms. The zero-order chi connectivity index (χ0) is 24.4. The van der Waals surface area contributed by atoms with Crippen molar-refractivity contribution in [3.63, 3.8) is 0 Å². The largest absolute Gasteiger partial charge is 0.393 e. The van der Waals surface area contributed by atoms with E-state index in [1.807, 2.05) is 6.07 Å². The summed E-state index contributed by atoms with van der Waals surface area (Å²) in [6.45, 7) is 0.496. The van der Waals surface area contributed by atoms with Crippen molar-refractivity contribution in [3.8, 4) is 0 Å². The molecule has 3 heterocycles.